The Bertz CT molecular complexity index is 979. The summed E-state index contributed by atoms with van der Waals surface area (Å²) in [5, 5.41) is 6.68. The first-order chi connectivity index (χ1) is 13.4. The number of anilines is 4. The minimum atomic E-state index is 0.546. The normalized spacial score (nSPS) is 10.5. The molecule has 0 aliphatic rings. The predicted molar refractivity (Wildman–Crippen MR) is 114 cm³/mol. The number of hydrogen-bond acceptors (Lipinski definition) is 6. The topological polar surface area (TPSA) is 68.3 Å². The van der Waals surface area contributed by atoms with Gasteiger partial charge < -0.3 is 20.1 Å². The summed E-state index contributed by atoms with van der Waals surface area (Å²) >= 11 is 0. The van der Waals surface area contributed by atoms with E-state index in [4.69, 9.17) is 9.47 Å². The number of methoxy groups -OCH3 is 2. The van der Waals surface area contributed by atoms with Crippen molar-refractivity contribution in [3.8, 4) is 11.5 Å². The first kappa shape index (κ1) is 19.5. The summed E-state index contributed by atoms with van der Waals surface area (Å²) in [5.41, 5.74) is 6.25. The van der Waals surface area contributed by atoms with Crippen molar-refractivity contribution in [3.05, 3.63) is 58.8 Å². The molecule has 2 aromatic carbocycles. The molecule has 3 aromatic rings. The van der Waals surface area contributed by atoms with E-state index in [-0.39, 0.29) is 0 Å². The molecule has 0 aliphatic carbocycles. The van der Waals surface area contributed by atoms with Gasteiger partial charge in [-0.1, -0.05) is 17.7 Å². The maximum atomic E-state index is 5.46. The Morgan fingerprint density at radius 1 is 0.786 bits per heavy atom. The highest BCUT2D eigenvalue weighted by Crippen LogP contribution is 2.32. The van der Waals surface area contributed by atoms with Crippen molar-refractivity contribution in [3.63, 3.8) is 0 Å². The van der Waals surface area contributed by atoms with Gasteiger partial charge in [0.15, 0.2) is 0 Å². The highest BCUT2D eigenvalue weighted by atomic mass is 16.5. The minimum Gasteiger partial charge on any atom is -0.497 e. The van der Waals surface area contributed by atoms with Gasteiger partial charge in [0.2, 0.25) is 5.95 Å². The number of hydrogen-bond donors (Lipinski definition) is 2. The molecule has 0 amide bonds. The van der Waals surface area contributed by atoms with Crippen molar-refractivity contribution in [1.82, 2.24) is 9.97 Å². The van der Waals surface area contributed by atoms with E-state index < -0.39 is 0 Å². The fourth-order valence-corrected chi connectivity index (χ4v) is 3.22. The van der Waals surface area contributed by atoms with Gasteiger partial charge in [0.05, 0.1) is 19.9 Å². The summed E-state index contributed by atoms with van der Waals surface area (Å²) in [6.07, 6.45) is 0. The Morgan fingerprint density at radius 2 is 1.50 bits per heavy atom. The third kappa shape index (κ3) is 4.34. The van der Waals surface area contributed by atoms with Gasteiger partial charge in [-0.15, -0.1) is 0 Å². The molecule has 0 saturated carbocycles. The van der Waals surface area contributed by atoms with Crippen molar-refractivity contribution >= 4 is 23.1 Å². The van der Waals surface area contributed by atoms with Crippen LogP contribution < -0.4 is 20.1 Å². The average molecular weight is 378 g/mol. The van der Waals surface area contributed by atoms with Gasteiger partial charge >= 0.3 is 0 Å². The molecule has 0 atom stereocenters. The van der Waals surface area contributed by atoms with E-state index in [2.05, 4.69) is 53.5 Å². The van der Waals surface area contributed by atoms with Crippen LogP contribution in [-0.2, 0) is 0 Å². The Balaban J connectivity index is 1.91. The second-order valence-corrected chi connectivity index (χ2v) is 6.81. The number of aryl methyl sites for hydroxylation is 4. The molecule has 0 aliphatic heterocycles. The fourth-order valence-electron chi connectivity index (χ4n) is 3.22. The zero-order valence-electron chi connectivity index (χ0n) is 17.2. The van der Waals surface area contributed by atoms with Crippen LogP contribution in [0.25, 0.3) is 0 Å². The van der Waals surface area contributed by atoms with E-state index in [0.29, 0.717) is 17.5 Å². The van der Waals surface area contributed by atoms with Crippen molar-refractivity contribution in [2.24, 2.45) is 0 Å². The number of benzene rings is 2. The van der Waals surface area contributed by atoms with Gasteiger partial charge in [-0.2, -0.15) is 4.98 Å². The predicted octanol–water partition coefficient (Wildman–Crippen LogP) is 5.21. The van der Waals surface area contributed by atoms with Crippen LogP contribution in [0.1, 0.15) is 22.4 Å². The van der Waals surface area contributed by atoms with Crippen LogP contribution in [0, 0.1) is 27.7 Å². The van der Waals surface area contributed by atoms with Gasteiger partial charge in [0.1, 0.15) is 17.3 Å². The molecular weight excluding hydrogens is 352 g/mol. The van der Waals surface area contributed by atoms with Crippen LogP contribution in [0.5, 0.6) is 11.5 Å². The lowest BCUT2D eigenvalue weighted by atomic mass is 10.1. The Kier molecular flexibility index (Phi) is 5.68. The molecule has 3 rings (SSSR count). The monoisotopic (exact) mass is 378 g/mol. The van der Waals surface area contributed by atoms with E-state index >= 15 is 0 Å². The molecule has 6 heteroatoms. The van der Waals surface area contributed by atoms with Crippen LogP contribution in [0.15, 0.2) is 36.4 Å². The lowest BCUT2D eigenvalue weighted by Gasteiger charge is -2.15. The summed E-state index contributed by atoms with van der Waals surface area (Å²) in [6.45, 7) is 8.20. The molecule has 0 spiro atoms. The molecular formula is C22H26N4O2. The van der Waals surface area contributed by atoms with Gasteiger partial charge in [-0.05, 0) is 51.0 Å². The largest absolute Gasteiger partial charge is 0.497 e. The minimum absolute atomic E-state index is 0.546. The molecule has 28 heavy (non-hydrogen) atoms. The number of ether oxygens (including phenoxy) is 2. The number of nitrogens with one attached hydrogen (secondary N) is 2. The second kappa shape index (κ2) is 8.17. The summed E-state index contributed by atoms with van der Waals surface area (Å²) in [5.74, 6) is 2.63. The fraction of sp³-hybridized carbons (Fsp3) is 0.273. The molecule has 0 fully saturated rings. The quantitative estimate of drug-likeness (QED) is 0.613. The maximum absolute atomic E-state index is 5.46. The number of aromatic nitrogens is 2. The van der Waals surface area contributed by atoms with Crippen LogP contribution >= 0.6 is 0 Å². The van der Waals surface area contributed by atoms with Crippen LogP contribution in [0.2, 0.25) is 0 Å². The molecule has 0 unspecified atom stereocenters. The van der Waals surface area contributed by atoms with Crippen molar-refractivity contribution in [1.29, 1.82) is 0 Å². The van der Waals surface area contributed by atoms with Crippen LogP contribution in [0.4, 0.5) is 23.1 Å². The second-order valence-electron chi connectivity index (χ2n) is 6.81. The van der Waals surface area contributed by atoms with E-state index in [1.807, 2.05) is 31.2 Å². The highest BCUT2D eigenvalue weighted by Gasteiger charge is 2.10. The van der Waals surface area contributed by atoms with Gasteiger partial charge in [-0.25, -0.2) is 4.98 Å². The number of nitrogens with zero attached hydrogens (tertiary/aromatic N) is 2. The van der Waals surface area contributed by atoms with E-state index in [9.17, 15) is 0 Å². The SMILES string of the molecule is COc1ccc(Nc2cc(C)nc(Nc3c(C)cc(C)cc3C)n2)c(OC)c1. The molecule has 6 nitrogen and oxygen atoms in total. The average Bonchev–Trinajstić information content (AvgIpc) is 2.64. The Morgan fingerprint density at radius 3 is 2.14 bits per heavy atom. The van der Waals surface area contributed by atoms with Crippen molar-refractivity contribution in [2.75, 3.05) is 24.9 Å². The highest BCUT2D eigenvalue weighted by molar-refractivity contribution is 5.68. The third-order valence-electron chi connectivity index (χ3n) is 4.44. The van der Waals surface area contributed by atoms with E-state index in [1.54, 1.807) is 14.2 Å². The molecule has 2 N–H and O–H groups in total. The smallest absolute Gasteiger partial charge is 0.229 e. The molecule has 0 bridgehead atoms. The maximum Gasteiger partial charge on any atom is 0.229 e. The van der Waals surface area contributed by atoms with Crippen LogP contribution in [-0.4, -0.2) is 24.2 Å². The summed E-state index contributed by atoms with van der Waals surface area (Å²) in [7, 11) is 3.25. The van der Waals surface area contributed by atoms with Gasteiger partial charge in [0, 0.05) is 23.5 Å². The number of rotatable bonds is 6. The molecule has 0 saturated heterocycles. The lowest BCUT2D eigenvalue weighted by molar-refractivity contribution is 0.395. The van der Waals surface area contributed by atoms with E-state index in [1.165, 1.54) is 5.56 Å². The van der Waals surface area contributed by atoms with Crippen molar-refractivity contribution in [2.45, 2.75) is 27.7 Å². The Labute approximate surface area is 166 Å². The summed E-state index contributed by atoms with van der Waals surface area (Å²) in [6, 6.07) is 11.8. The molecule has 0 radical (unpaired) electrons. The zero-order valence-corrected chi connectivity index (χ0v) is 17.2. The zero-order chi connectivity index (χ0) is 20.3. The van der Waals surface area contributed by atoms with Gasteiger partial charge in [-0.3, -0.25) is 0 Å². The van der Waals surface area contributed by atoms with Crippen LogP contribution in [0.3, 0.4) is 0 Å². The van der Waals surface area contributed by atoms with Crippen molar-refractivity contribution < 1.29 is 9.47 Å². The first-order valence-electron chi connectivity index (χ1n) is 9.09. The standard InChI is InChI=1S/C22H26N4O2/c1-13-9-14(2)21(15(3)10-13)26-22-23-16(4)11-20(25-22)24-18-8-7-17(27-5)12-19(18)28-6/h7-12H,1-6H3,(H2,23,24,25,26). The van der Waals surface area contributed by atoms with E-state index in [0.717, 1.165) is 33.9 Å². The third-order valence-corrected chi connectivity index (χ3v) is 4.44. The molecule has 1 aromatic heterocycles. The summed E-state index contributed by atoms with van der Waals surface area (Å²) in [4.78, 5) is 9.16. The summed E-state index contributed by atoms with van der Waals surface area (Å²) < 4.78 is 10.7. The first-order valence-corrected chi connectivity index (χ1v) is 9.09. The molecule has 1 heterocycles. The van der Waals surface area contributed by atoms with Gasteiger partial charge in [0.25, 0.3) is 0 Å². The Hall–Kier alpha value is -3.28. The lowest BCUT2D eigenvalue weighted by Crippen LogP contribution is -2.05. The molecule has 146 valence electrons.